The number of hydrogen-bond acceptors (Lipinski definition) is 6. The Morgan fingerprint density at radius 3 is 2.58 bits per heavy atom. The second kappa shape index (κ2) is 6.40. The van der Waals surface area contributed by atoms with Crippen LogP contribution >= 0.6 is 11.3 Å². The zero-order valence-corrected chi connectivity index (χ0v) is 14.1. The lowest BCUT2D eigenvalue weighted by Crippen LogP contribution is -2.41. The molecule has 0 aliphatic heterocycles. The molecule has 1 N–H and O–H groups in total. The summed E-state index contributed by atoms with van der Waals surface area (Å²) in [5, 5.41) is 10.7. The first kappa shape index (κ1) is 16.1. The van der Waals surface area contributed by atoms with Gasteiger partial charge in [-0.05, 0) is 26.0 Å². The van der Waals surface area contributed by atoms with E-state index in [1.54, 1.807) is 13.8 Å². The van der Waals surface area contributed by atoms with Crippen LogP contribution in [0.2, 0.25) is 0 Å². The molecule has 0 atom stereocenters. The molecule has 0 radical (unpaired) electrons. The quantitative estimate of drug-likeness (QED) is 0.734. The number of nitrogens with zero attached hydrogens (tertiary/aromatic N) is 4. The molecule has 0 spiro atoms. The van der Waals surface area contributed by atoms with Gasteiger partial charge in [-0.1, -0.05) is 23.5 Å². The summed E-state index contributed by atoms with van der Waals surface area (Å²) >= 11 is 1.38. The Morgan fingerprint density at radius 1 is 1.21 bits per heavy atom. The Kier molecular flexibility index (Phi) is 4.30. The SMILES string of the molecule is CCn1c(O)c(/C=N/c2nc3ccccc3s2)c(=O)n(CC)c1=O. The molecule has 1 aromatic carbocycles. The molecule has 0 saturated carbocycles. The molecule has 0 unspecified atom stereocenters. The maximum absolute atomic E-state index is 12.4. The fourth-order valence-corrected chi connectivity index (χ4v) is 3.23. The fraction of sp³-hybridized carbons (Fsp3) is 0.250. The summed E-state index contributed by atoms with van der Waals surface area (Å²) in [7, 11) is 0. The predicted molar refractivity (Wildman–Crippen MR) is 94.8 cm³/mol. The van der Waals surface area contributed by atoms with E-state index in [4.69, 9.17) is 0 Å². The van der Waals surface area contributed by atoms with E-state index in [0.29, 0.717) is 5.13 Å². The lowest BCUT2D eigenvalue weighted by Gasteiger charge is -2.11. The van der Waals surface area contributed by atoms with E-state index in [2.05, 4.69) is 9.98 Å². The predicted octanol–water partition coefficient (Wildman–Crippen LogP) is 2.12. The van der Waals surface area contributed by atoms with Crippen molar-refractivity contribution in [1.29, 1.82) is 0 Å². The largest absolute Gasteiger partial charge is 0.494 e. The zero-order valence-electron chi connectivity index (χ0n) is 13.3. The van der Waals surface area contributed by atoms with Gasteiger partial charge >= 0.3 is 5.69 Å². The van der Waals surface area contributed by atoms with Gasteiger partial charge in [0.05, 0.1) is 10.2 Å². The van der Waals surface area contributed by atoms with Gasteiger partial charge in [-0.3, -0.25) is 13.9 Å². The third kappa shape index (κ3) is 2.65. The number of hydrogen-bond donors (Lipinski definition) is 1. The topological polar surface area (TPSA) is 89.5 Å². The van der Waals surface area contributed by atoms with Crippen molar-refractivity contribution in [3.05, 3.63) is 50.7 Å². The van der Waals surface area contributed by atoms with Crippen molar-refractivity contribution in [1.82, 2.24) is 14.1 Å². The van der Waals surface area contributed by atoms with E-state index < -0.39 is 11.2 Å². The minimum absolute atomic E-state index is 0.0162. The summed E-state index contributed by atoms with van der Waals surface area (Å²) < 4.78 is 3.20. The summed E-state index contributed by atoms with van der Waals surface area (Å²) in [6.45, 7) is 3.90. The Bertz CT molecular complexity index is 1010. The highest BCUT2D eigenvalue weighted by Gasteiger charge is 2.15. The van der Waals surface area contributed by atoms with Gasteiger partial charge in [-0.2, -0.15) is 0 Å². The molecule has 0 aliphatic rings. The molecule has 0 amide bonds. The van der Waals surface area contributed by atoms with Crippen LogP contribution < -0.4 is 11.2 Å². The van der Waals surface area contributed by atoms with Crippen LogP contribution in [0.3, 0.4) is 0 Å². The number of para-hydroxylation sites is 1. The summed E-state index contributed by atoms with van der Waals surface area (Å²) in [5.41, 5.74) is -0.282. The van der Waals surface area contributed by atoms with Crippen molar-refractivity contribution in [2.24, 2.45) is 4.99 Å². The Balaban J connectivity index is 2.12. The van der Waals surface area contributed by atoms with Crippen LogP contribution in [-0.4, -0.2) is 25.4 Å². The highest BCUT2D eigenvalue weighted by Crippen LogP contribution is 2.27. The summed E-state index contributed by atoms with van der Waals surface area (Å²) in [4.78, 5) is 33.1. The first-order valence-electron chi connectivity index (χ1n) is 7.53. The van der Waals surface area contributed by atoms with Gasteiger partial charge < -0.3 is 5.11 Å². The molecule has 124 valence electrons. The molecule has 3 aromatic rings. The summed E-state index contributed by atoms with van der Waals surface area (Å²) in [6.07, 6.45) is 1.27. The maximum atomic E-state index is 12.4. The van der Waals surface area contributed by atoms with E-state index >= 15 is 0 Å². The fourth-order valence-electron chi connectivity index (χ4n) is 2.42. The lowest BCUT2D eigenvalue weighted by atomic mass is 10.3. The van der Waals surface area contributed by atoms with E-state index in [1.165, 1.54) is 17.6 Å². The van der Waals surface area contributed by atoms with Gasteiger partial charge in [-0.25, -0.2) is 14.8 Å². The third-order valence-electron chi connectivity index (χ3n) is 3.65. The molecule has 2 aromatic heterocycles. The van der Waals surface area contributed by atoms with Gasteiger partial charge in [0.2, 0.25) is 11.0 Å². The second-order valence-corrected chi connectivity index (χ2v) is 6.04. The molecule has 0 saturated heterocycles. The molecular weight excluding hydrogens is 328 g/mol. The monoisotopic (exact) mass is 344 g/mol. The first-order valence-corrected chi connectivity index (χ1v) is 8.34. The van der Waals surface area contributed by atoms with Crippen LogP contribution in [-0.2, 0) is 13.1 Å². The van der Waals surface area contributed by atoms with E-state index in [9.17, 15) is 14.7 Å². The average Bonchev–Trinajstić information content (AvgIpc) is 2.98. The Labute approximate surface area is 141 Å². The highest BCUT2D eigenvalue weighted by molar-refractivity contribution is 7.22. The zero-order chi connectivity index (χ0) is 17.3. The van der Waals surface area contributed by atoms with E-state index in [-0.39, 0.29) is 24.5 Å². The number of aliphatic imine (C=N–C) groups is 1. The highest BCUT2D eigenvalue weighted by atomic mass is 32.1. The Hall–Kier alpha value is -2.74. The van der Waals surface area contributed by atoms with Gasteiger partial charge in [0, 0.05) is 19.3 Å². The van der Waals surface area contributed by atoms with Crippen molar-refractivity contribution in [3.63, 3.8) is 0 Å². The molecule has 24 heavy (non-hydrogen) atoms. The number of fused-ring (bicyclic) bond motifs is 1. The molecule has 0 fully saturated rings. The maximum Gasteiger partial charge on any atom is 0.333 e. The van der Waals surface area contributed by atoms with Gasteiger partial charge in [-0.15, -0.1) is 0 Å². The first-order chi connectivity index (χ1) is 11.6. The molecule has 0 bridgehead atoms. The standard InChI is InChI=1S/C16H16N4O3S/c1-3-19-13(21)10(14(22)20(4-2)16(19)23)9-17-15-18-11-7-5-6-8-12(11)24-15/h5-9,21H,3-4H2,1-2H3/b17-9+. The number of aromatic nitrogens is 3. The van der Waals surface area contributed by atoms with Gasteiger partial charge in [0.25, 0.3) is 5.56 Å². The van der Waals surface area contributed by atoms with Crippen LogP contribution in [0.15, 0.2) is 38.8 Å². The second-order valence-electron chi connectivity index (χ2n) is 5.04. The molecule has 0 aliphatic carbocycles. The van der Waals surface area contributed by atoms with Crippen molar-refractivity contribution >= 4 is 32.9 Å². The summed E-state index contributed by atoms with van der Waals surface area (Å²) in [5.74, 6) is -0.373. The van der Waals surface area contributed by atoms with Crippen molar-refractivity contribution in [2.45, 2.75) is 26.9 Å². The van der Waals surface area contributed by atoms with Crippen LogP contribution in [0.25, 0.3) is 10.2 Å². The average molecular weight is 344 g/mol. The van der Waals surface area contributed by atoms with Gasteiger partial charge in [0.15, 0.2) is 0 Å². The van der Waals surface area contributed by atoms with Crippen molar-refractivity contribution in [2.75, 3.05) is 0 Å². The van der Waals surface area contributed by atoms with E-state index in [1.807, 2.05) is 24.3 Å². The molecular formula is C16H16N4O3S. The normalized spacial score (nSPS) is 11.6. The molecule has 7 nitrogen and oxygen atoms in total. The molecule has 3 rings (SSSR count). The molecule has 2 heterocycles. The number of benzene rings is 1. The van der Waals surface area contributed by atoms with Crippen LogP contribution in [0.1, 0.15) is 19.4 Å². The van der Waals surface area contributed by atoms with Crippen molar-refractivity contribution in [3.8, 4) is 5.88 Å². The Morgan fingerprint density at radius 2 is 1.92 bits per heavy atom. The van der Waals surface area contributed by atoms with E-state index in [0.717, 1.165) is 19.4 Å². The van der Waals surface area contributed by atoms with Crippen LogP contribution in [0, 0.1) is 0 Å². The van der Waals surface area contributed by atoms with Crippen LogP contribution in [0.5, 0.6) is 5.88 Å². The van der Waals surface area contributed by atoms with Crippen LogP contribution in [0.4, 0.5) is 5.13 Å². The number of rotatable bonds is 4. The smallest absolute Gasteiger partial charge is 0.333 e. The lowest BCUT2D eigenvalue weighted by molar-refractivity contribution is 0.394. The number of aromatic hydroxyl groups is 1. The molecule has 8 heteroatoms. The number of thiazole rings is 1. The summed E-state index contributed by atoms with van der Waals surface area (Å²) in [6, 6.07) is 7.61. The minimum Gasteiger partial charge on any atom is -0.494 e. The van der Waals surface area contributed by atoms with Gasteiger partial charge in [0.1, 0.15) is 5.56 Å². The van der Waals surface area contributed by atoms with Crippen molar-refractivity contribution < 1.29 is 5.11 Å². The minimum atomic E-state index is -0.561. The third-order valence-corrected chi connectivity index (χ3v) is 4.60.